The van der Waals surface area contributed by atoms with E-state index in [-0.39, 0.29) is 24.4 Å². The van der Waals surface area contributed by atoms with E-state index in [0.29, 0.717) is 34.7 Å². The molecule has 2 fully saturated rings. The van der Waals surface area contributed by atoms with Crippen LogP contribution in [0.15, 0.2) is 12.1 Å². The molecule has 2 bridgehead atoms. The third kappa shape index (κ3) is 4.38. The van der Waals surface area contributed by atoms with Gasteiger partial charge in [0.25, 0.3) is 5.91 Å². The number of carbonyl (C=O) groups is 1. The third-order valence-electron chi connectivity index (χ3n) is 5.11. The van der Waals surface area contributed by atoms with E-state index >= 15 is 0 Å². The molecule has 26 heavy (non-hydrogen) atoms. The second kappa shape index (κ2) is 9.67. The Kier molecular flexibility index (Phi) is 7.86. The first-order valence-corrected chi connectivity index (χ1v) is 9.57. The second-order valence-electron chi connectivity index (χ2n) is 6.78. The summed E-state index contributed by atoms with van der Waals surface area (Å²) in [5.74, 6) is 1.08. The van der Waals surface area contributed by atoms with Crippen LogP contribution in [0.1, 0.15) is 49.4 Å². The number of methoxy groups -OCH3 is 1. The predicted octanol–water partition coefficient (Wildman–Crippen LogP) is 3.92. The Bertz CT molecular complexity index is 613. The maximum absolute atomic E-state index is 13.1. The largest absolute Gasteiger partial charge is 0.493 e. The minimum atomic E-state index is 0. The van der Waals surface area contributed by atoms with Gasteiger partial charge in [0.2, 0.25) is 0 Å². The van der Waals surface area contributed by atoms with Gasteiger partial charge in [-0.05, 0) is 44.4 Å². The fraction of sp³-hybridized carbons (Fsp3) is 0.632. The topological polar surface area (TPSA) is 50.8 Å². The van der Waals surface area contributed by atoms with Crippen LogP contribution in [0.4, 0.5) is 0 Å². The maximum Gasteiger partial charge on any atom is 0.254 e. The molecule has 3 rings (SSSR count). The molecule has 0 aliphatic carbocycles. The van der Waals surface area contributed by atoms with Crippen molar-refractivity contribution >= 4 is 29.9 Å². The Labute approximate surface area is 166 Å². The summed E-state index contributed by atoms with van der Waals surface area (Å²) in [4.78, 5) is 15.2. The van der Waals surface area contributed by atoms with Crippen molar-refractivity contribution in [3.05, 3.63) is 22.7 Å². The van der Waals surface area contributed by atoms with Crippen molar-refractivity contribution in [1.82, 2.24) is 10.2 Å². The molecule has 1 aromatic rings. The molecule has 7 heteroatoms. The SMILES string of the molecule is CCCCOc1c(Cl)cc(C(=O)N2C3CCNCC2CC3)cc1OC.Cl. The molecule has 1 amide bonds. The molecule has 0 aromatic heterocycles. The summed E-state index contributed by atoms with van der Waals surface area (Å²) in [6, 6.07) is 4.06. The van der Waals surface area contributed by atoms with Gasteiger partial charge in [0.15, 0.2) is 11.5 Å². The highest BCUT2D eigenvalue weighted by Gasteiger charge is 2.38. The molecule has 2 aliphatic heterocycles. The zero-order valence-electron chi connectivity index (χ0n) is 15.4. The second-order valence-corrected chi connectivity index (χ2v) is 7.19. The van der Waals surface area contributed by atoms with Crippen LogP contribution in [0.25, 0.3) is 0 Å². The zero-order valence-corrected chi connectivity index (χ0v) is 17.0. The normalized spacial score (nSPS) is 21.7. The third-order valence-corrected chi connectivity index (χ3v) is 5.39. The molecule has 5 nitrogen and oxygen atoms in total. The van der Waals surface area contributed by atoms with Crippen molar-refractivity contribution in [2.45, 2.75) is 51.1 Å². The highest BCUT2D eigenvalue weighted by atomic mass is 35.5. The average molecular weight is 403 g/mol. The summed E-state index contributed by atoms with van der Waals surface area (Å²) in [7, 11) is 1.58. The summed E-state index contributed by atoms with van der Waals surface area (Å²) in [5, 5.41) is 3.85. The van der Waals surface area contributed by atoms with E-state index in [1.807, 2.05) is 4.90 Å². The first-order valence-electron chi connectivity index (χ1n) is 9.19. The van der Waals surface area contributed by atoms with Gasteiger partial charge in [0, 0.05) is 24.2 Å². The van der Waals surface area contributed by atoms with Crippen molar-refractivity contribution < 1.29 is 14.3 Å². The number of ether oxygens (including phenoxy) is 2. The lowest BCUT2D eigenvalue weighted by Crippen LogP contribution is -2.42. The molecule has 2 unspecified atom stereocenters. The van der Waals surface area contributed by atoms with E-state index in [2.05, 4.69) is 12.2 Å². The number of unbranched alkanes of at least 4 members (excludes halogenated alkanes) is 1. The Hall–Kier alpha value is -1.17. The average Bonchev–Trinajstić information content (AvgIpc) is 2.88. The zero-order chi connectivity index (χ0) is 17.8. The first kappa shape index (κ1) is 21.1. The number of hydrogen-bond acceptors (Lipinski definition) is 4. The fourth-order valence-electron chi connectivity index (χ4n) is 3.76. The monoisotopic (exact) mass is 402 g/mol. The lowest BCUT2D eigenvalue weighted by molar-refractivity contribution is 0.0680. The number of amides is 1. The highest BCUT2D eigenvalue weighted by molar-refractivity contribution is 6.32. The lowest BCUT2D eigenvalue weighted by Gasteiger charge is -2.28. The summed E-state index contributed by atoms with van der Waals surface area (Å²) in [6.45, 7) is 4.53. The summed E-state index contributed by atoms with van der Waals surface area (Å²) in [6.07, 6.45) is 5.14. The molecule has 0 saturated carbocycles. The van der Waals surface area contributed by atoms with Crippen LogP contribution in [0.3, 0.4) is 0 Å². The molecular formula is C19H28Cl2N2O3. The Morgan fingerprint density at radius 2 is 2.08 bits per heavy atom. The fourth-order valence-corrected chi connectivity index (χ4v) is 4.03. The molecule has 1 N–H and O–H groups in total. The highest BCUT2D eigenvalue weighted by Crippen LogP contribution is 2.38. The minimum absolute atomic E-state index is 0. The van der Waals surface area contributed by atoms with Crippen molar-refractivity contribution in [1.29, 1.82) is 0 Å². The summed E-state index contributed by atoms with van der Waals surface area (Å²) < 4.78 is 11.2. The smallest absolute Gasteiger partial charge is 0.254 e. The molecule has 0 spiro atoms. The van der Waals surface area contributed by atoms with Crippen LogP contribution in [-0.2, 0) is 0 Å². The van der Waals surface area contributed by atoms with Gasteiger partial charge in [0.1, 0.15) is 0 Å². The number of benzene rings is 1. The van der Waals surface area contributed by atoms with E-state index in [1.165, 1.54) is 0 Å². The van der Waals surface area contributed by atoms with E-state index in [4.69, 9.17) is 21.1 Å². The summed E-state index contributed by atoms with van der Waals surface area (Å²) >= 11 is 6.41. The first-order chi connectivity index (χ1) is 12.2. The standard InChI is InChI=1S/C19H27ClN2O3.ClH/c1-3-4-9-25-18-16(20)10-13(11-17(18)24-2)19(23)22-14-5-6-15(22)12-21-8-7-14;/h10-11,14-15,21H,3-9,12H2,1-2H3;1H. The van der Waals surface area contributed by atoms with E-state index in [9.17, 15) is 4.79 Å². The van der Waals surface area contributed by atoms with Gasteiger partial charge in [-0.1, -0.05) is 24.9 Å². The van der Waals surface area contributed by atoms with Gasteiger partial charge in [-0.25, -0.2) is 0 Å². The molecule has 2 saturated heterocycles. The molecule has 2 heterocycles. The molecule has 0 radical (unpaired) electrons. The number of hydrogen-bond donors (Lipinski definition) is 1. The van der Waals surface area contributed by atoms with Gasteiger partial charge in [0.05, 0.1) is 18.7 Å². The van der Waals surface area contributed by atoms with E-state index < -0.39 is 0 Å². The van der Waals surface area contributed by atoms with Crippen LogP contribution in [0.5, 0.6) is 11.5 Å². The van der Waals surface area contributed by atoms with Gasteiger partial charge in [-0.15, -0.1) is 12.4 Å². The van der Waals surface area contributed by atoms with Crippen molar-refractivity contribution in [3.63, 3.8) is 0 Å². The Balaban J connectivity index is 0.00000243. The van der Waals surface area contributed by atoms with Crippen LogP contribution < -0.4 is 14.8 Å². The quantitative estimate of drug-likeness (QED) is 0.732. The van der Waals surface area contributed by atoms with Crippen LogP contribution >= 0.6 is 24.0 Å². The van der Waals surface area contributed by atoms with Gasteiger partial charge < -0.3 is 19.7 Å². The lowest BCUT2D eigenvalue weighted by atomic mass is 10.1. The van der Waals surface area contributed by atoms with E-state index in [1.54, 1.807) is 19.2 Å². The van der Waals surface area contributed by atoms with Crippen molar-refractivity contribution in [2.24, 2.45) is 0 Å². The summed E-state index contributed by atoms with van der Waals surface area (Å²) in [5.41, 5.74) is 0.573. The number of nitrogens with one attached hydrogen (secondary N) is 1. The predicted molar refractivity (Wildman–Crippen MR) is 106 cm³/mol. The van der Waals surface area contributed by atoms with E-state index in [0.717, 1.165) is 45.2 Å². The Morgan fingerprint density at radius 3 is 2.81 bits per heavy atom. The Morgan fingerprint density at radius 1 is 1.31 bits per heavy atom. The number of nitrogens with zero attached hydrogens (tertiary/aromatic N) is 1. The molecule has 2 atom stereocenters. The number of fused-ring (bicyclic) bond motifs is 2. The molecule has 1 aromatic carbocycles. The molecule has 146 valence electrons. The number of carbonyl (C=O) groups excluding carboxylic acids is 1. The van der Waals surface area contributed by atoms with Gasteiger partial charge >= 0.3 is 0 Å². The van der Waals surface area contributed by atoms with Crippen LogP contribution in [0.2, 0.25) is 5.02 Å². The molecular weight excluding hydrogens is 375 g/mol. The van der Waals surface area contributed by atoms with Crippen molar-refractivity contribution in [3.8, 4) is 11.5 Å². The maximum atomic E-state index is 13.1. The van der Waals surface area contributed by atoms with Crippen molar-refractivity contribution in [2.75, 3.05) is 26.8 Å². The van der Waals surface area contributed by atoms with Gasteiger partial charge in [-0.3, -0.25) is 4.79 Å². The number of halogens is 2. The number of rotatable bonds is 6. The van der Waals surface area contributed by atoms with Gasteiger partial charge in [-0.2, -0.15) is 0 Å². The van der Waals surface area contributed by atoms with Crippen LogP contribution in [-0.4, -0.2) is 49.7 Å². The molecule has 2 aliphatic rings. The van der Waals surface area contributed by atoms with Crippen LogP contribution in [0, 0.1) is 0 Å². The minimum Gasteiger partial charge on any atom is -0.493 e.